The Morgan fingerprint density at radius 3 is 2.79 bits per heavy atom. The molecule has 0 bridgehead atoms. The number of amides is 3. The van der Waals surface area contributed by atoms with Crippen LogP contribution in [0.5, 0.6) is 0 Å². The maximum absolute atomic E-state index is 12.3. The number of aryl methyl sites for hydroxylation is 1. The SMILES string of the molecule is Cc1c(NC(=O)C[C@H]2NC(=O)c3ccccc3NC2=O)cnn1C. The van der Waals surface area contributed by atoms with E-state index in [4.69, 9.17) is 0 Å². The van der Waals surface area contributed by atoms with Crippen molar-refractivity contribution in [1.82, 2.24) is 15.1 Å². The highest BCUT2D eigenvalue weighted by Crippen LogP contribution is 2.19. The lowest BCUT2D eigenvalue weighted by atomic mass is 10.1. The molecule has 0 unspecified atom stereocenters. The van der Waals surface area contributed by atoms with E-state index in [0.29, 0.717) is 16.9 Å². The molecule has 0 saturated carbocycles. The van der Waals surface area contributed by atoms with E-state index in [1.54, 1.807) is 36.0 Å². The van der Waals surface area contributed by atoms with Crippen molar-refractivity contribution in [3.05, 3.63) is 41.7 Å². The Balaban J connectivity index is 1.71. The van der Waals surface area contributed by atoms with Gasteiger partial charge in [0.1, 0.15) is 6.04 Å². The monoisotopic (exact) mass is 327 g/mol. The third kappa shape index (κ3) is 2.98. The minimum absolute atomic E-state index is 0.167. The molecule has 1 aromatic carbocycles. The van der Waals surface area contributed by atoms with Crippen LogP contribution in [0.3, 0.4) is 0 Å². The average Bonchev–Trinajstić information content (AvgIpc) is 2.80. The van der Waals surface area contributed by atoms with Crippen molar-refractivity contribution in [2.24, 2.45) is 7.05 Å². The molecule has 1 aliphatic heterocycles. The lowest BCUT2D eigenvalue weighted by molar-refractivity contribution is -0.122. The van der Waals surface area contributed by atoms with Gasteiger partial charge in [-0.05, 0) is 19.1 Å². The molecule has 24 heavy (non-hydrogen) atoms. The van der Waals surface area contributed by atoms with Gasteiger partial charge in [-0.25, -0.2) is 0 Å². The summed E-state index contributed by atoms with van der Waals surface area (Å²) in [6.07, 6.45) is 1.37. The molecule has 2 aromatic rings. The second kappa shape index (κ2) is 6.15. The van der Waals surface area contributed by atoms with Crippen LogP contribution in [0.15, 0.2) is 30.5 Å². The number of anilines is 2. The van der Waals surface area contributed by atoms with Crippen LogP contribution in [0.1, 0.15) is 22.5 Å². The Labute approximate surface area is 138 Å². The van der Waals surface area contributed by atoms with Crippen LogP contribution in [0, 0.1) is 6.92 Å². The fourth-order valence-corrected chi connectivity index (χ4v) is 2.46. The number of carbonyl (C=O) groups excluding carboxylic acids is 3. The van der Waals surface area contributed by atoms with Crippen molar-refractivity contribution < 1.29 is 14.4 Å². The van der Waals surface area contributed by atoms with Crippen molar-refractivity contribution in [2.75, 3.05) is 10.6 Å². The van der Waals surface area contributed by atoms with Gasteiger partial charge in [0, 0.05) is 7.05 Å². The van der Waals surface area contributed by atoms with E-state index in [2.05, 4.69) is 21.0 Å². The first-order valence-electron chi connectivity index (χ1n) is 7.45. The first kappa shape index (κ1) is 15.7. The Morgan fingerprint density at radius 1 is 1.33 bits per heavy atom. The van der Waals surface area contributed by atoms with E-state index >= 15 is 0 Å². The lowest BCUT2D eigenvalue weighted by Crippen LogP contribution is -2.43. The molecule has 3 rings (SSSR count). The standard InChI is InChI=1S/C16H17N5O3/c1-9-13(8-17-21(9)2)18-14(22)7-12-16(24)19-11-6-4-3-5-10(11)15(23)20-12/h3-6,8,12H,7H2,1-2H3,(H,18,22)(H,19,24)(H,20,23)/t12-/m1/s1. The number of hydrogen-bond donors (Lipinski definition) is 3. The van der Waals surface area contributed by atoms with Gasteiger partial charge < -0.3 is 16.0 Å². The normalized spacial score (nSPS) is 16.7. The van der Waals surface area contributed by atoms with Gasteiger partial charge in [0.25, 0.3) is 5.91 Å². The number of fused-ring (bicyclic) bond motifs is 1. The fraction of sp³-hybridized carbons (Fsp3) is 0.250. The van der Waals surface area contributed by atoms with Gasteiger partial charge in [0.15, 0.2) is 0 Å². The van der Waals surface area contributed by atoms with Crippen molar-refractivity contribution in [3.63, 3.8) is 0 Å². The number of rotatable bonds is 3. The summed E-state index contributed by atoms with van der Waals surface area (Å²) in [5, 5.41) is 12.0. The molecule has 1 aromatic heterocycles. The molecule has 0 saturated heterocycles. The van der Waals surface area contributed by atoms with Gasteiger partial charge in [-0.1, -0.05) is 12.1 Å². The van der Waals surface area contributed by atoms with Crippen LogP contribution in [-0.2, 0) is 16.6 Å². The van der Waals surface area contributed by atoms with Crippen LogP contribution in [0.25, 0.3) is 0 Å². The summed E-state index contributed by atoms with van der Waals surface area (Å²) in [6.45, 7) is 1.82. The van der Waals surface area contributed by atoms with E-state index in [1.807, 2.05) is 6.92 Å². The third-order valence-corrected chi connectivity index (χ3v) is 3.95. The molecule has 1 atom stereocenters. The number of hydrogen-bond acceptors (Lipinski definition) is 4. The highest BCUT2D eigenvalue weighted by atomic mass is 16.2. The largest absolute Gasteiger partial charge is 0.340 e. The predicted octanol–water partition coefficient (Wildman–Crippen LogP) is 0.808. The van der Waals surface area contributed by atoms with Gasteiger partial charge in [0.05, 0.1) is 35.2 Å². The smallest absolute Gasteiger partial charge is 0.254 e. The number of carbonyl (C=O) groups is 3. The van der Waals surface area contributed by atoms with Crippen LogP contribution >= 0.6 is 0 Å². The topological polar surface area (TPSA) is 105 Å². The van der Waals surface area contributed by atoms with Crippen LogP contribution in [-0.4, -0.2) is 33.5 Å². The molecule has 3 amide bonds. The minimum Gasteiger partial charge on any atom is -0.340 e. The molecule has 1 aliphatic rings. The van der Waals surface area contributed by atoms with E-state index in [1.165, 1.54) is 6.20 Å². The van der Waals surface area contributed by atoms with Gasteiger partial charge in [-0.3, -0.25) is 19.1 Å². The lowest BCUT2D eigenvalue weighted by Gasteiger charge is -2.14. The molecule has 0 radical (unpaired) electrons. The number of benzene rings is 1. The van der Waals surface area contributed by atoms with E-state index < -0.39 is 11.9 Å². The zero-order valence-electron chi connectivity index (χ0n) is 13.3. The number of nitrogens with zero attached hydrogens (tertiary/aromatic N) is 2. The molecule has 2 heterocycles. The molecule has 3 N–H and O–H groups in total. The number of para-hydroxylation sites is 1. The van der Waals surface area contributed by atoms with Crippen molar-refractivity contribution in [3.8, 4) is 0 Å². The first-order valence-corrected chi connectivity index (χ1v) is 7.45. The molecule has 0 aliphatic carbocycles. The summed E-state index contributed by atoms with van der Waals surface area (Å²) in [7, 11) is 1.77. The predicted molar refractivity (Wildman–Crippen MR) is 87.5 cm³/mol. The third-order valence-electron chi connectivity index (χ3n) is 3.95. The van der Waals surface area contributed by atoms with Crippen molar-refractivity contribution in [1.29, 1.82) is 0 Å². The summed E-state index contributed by atoms with van der Waals surface area (Å²) >= 11 is 0. The molecule has 0 fully saturated rings. The summed E-state index contributed by atoms with van der Waals surface area (Å²) in [6, 6.07) is 5.76. The van der Waals surface area contributed by atoms with Gasteiger partial charge in [-0.2, -0.15) is 5.10 Å². The highest BCUT2D eigenvalue weighted by Gasteiger charge is 2.29. The van der Waals surface area contributed by atoms with Crippen molar-refractivity contribution in [2.45, 2.75) is 19.4 Å². The Bertz CT molecular complexity index is 827. The quantitative estimate of drug-likeness (QED) is 0.775. The molecule has 8 heteroatoms. The maximum Gasteiger partial charge on any atom is 0.254 e. The van der Waals surface area contributed by atoms with Crippen LogP contribution < -0.4 is 16.0 Å². The van der Waals surface area contributed by atoms with E-state index in [0.717, 1.165) is 5.69 Å². The minimum atomic E-state index is -0.943. The van der Waals surface area contributed by atoms with E-state index in [-0.39, 0.29) is 18.2 Å². The number of aromatic nitrogens is 2. The second-order valence-electron chi connectivity index (χ2n) is 5.58. The summed E-state index contributed by atoms with van der Waals surface area (Å²) in [5.74, 6) is -1.19. The molecular formula is C16H17N5O3. The Kier molecular flexibility index (Phi) is 4.03. The van der Waals surface area contributed by atoms with Crippen molar-refractivity contribution >= 4 is 29.1 Å². The highest BCUT2D eigenvalue weighted by molar-refractivity contribution is 6.11. The van der Waals surface area contributed by atoms with E-state index in [9.17, 15) is 14.4 Å². The number of nitrogens with one attached hydrogen (secondary N) is 3. The zero-order valence-corrected chi connectivity index (χ0v) is 13.3. The summed E-state index contributed by atoms with van der Waals surface area (Å²) in [4.78, 5) is 36.7. The second-order valence-corrected chi connectivity index (χ2v) is 5.58. The molecule has 124 valence electrons. The molecule has 8 nitrogen and oxygen atoms in total. The van der Waals surface area contributed by atoms with Gasteiger partial charge in [0.2, 0.25) is 11.8 Å². The summed E-state index contributed by atoms with van der Waals surface area (Å²) in [5.41, 5.74) is 2.18. The van der Waals surface area contributed by atoms with Gasteiger partial charge >= 0.3 is 0 Å². The molecule has 0 spiro atoms. The Morgan fingerprint density at radius 2 is 2.08 bits per heavy atom. The van der Waals surface area contributed by atoms with Crippen LogP contribution in [0.4, 0.5) is 11.4 Å². The summed E-state index contributed by atoms with van der Waals surface area (Å²) < 4.78 is 1.63. The van der Waals surface area contributed by atoms with Crippen LogP contribution in [0.2, 0.25) is 0 Å². The zero-order chi connectivity index (χ0) is 17.3. The first-order chi connectivity index (χ1) is 11.5. The Hall–Kier alpha value is -3.16. The fourth-order valence-electron chi connectivity index (χ4n) is 2.46. The van der Waals surface area contributed by atoms with Gasteiger partial charge in [-0.15, -0.1) is 0 Å². The molecular weight excluding hydrogens is 310 g/mol. The average molecular weight is 327 g/mol. The maximum atomic E-state index is 12.3.